The van der Waals surface area contributed by atoms with E-state index in [1.807, 2.05) is 6.07 Å². The summed E-state index contributed by atoms with van der Waals surface area (Å²) in [4.78, 5) is 13.7. The van der Waals surface area contributed by atoms with Gasteiger partial charge >= 0.3 is 0 Å². The maximum Gasteiger partial charge on any atom is 0.157 e. The number of hydrogen-bond acceptors (Lipinski definition) is 4. The van der Waals surface area contributed by atoms with Gasteiger partial charge in [-0.15, -0.1) is 0 Å². The summed E-state index contributed by atoms with van der Waals surface area (Å²) in [5.74, 6) is 0.683. The Hall–Kier alpha value is -1.62. The summed E-state index contributed by atoms with van der Waals surface area (Å²) in [6, 6.07) is 10.5. The summed E-state index contributed by atoms with van der Waals surface area (Å²) in [6.45, 7) is 4.36. The van der Waals surface area contributed by atoms with Crippen molar-refractivity contribution in [1.82, 2.24) is 9.88 Å². The average molecular weight is 361 g/mol. The molecule has 0 atom stereocenters. The van der Waals surface area contributed by atoms with Crippen molar-refractivity contribution in [3.05, 3.63) is 51.6 Å². The minimum absolute atomic E-state index is 0.311. The zero-order valence-corrected chi connectivity index (χ0v) is 15.0. The monoisotopic (exact) mass is 360 g/mol. The molecule has 1 fully saturated rings. The second kappa shape index (κ2) is 6.36. The lowest BCUT2D eigenvalue weighted by molar-refractivity contribution is 0.313. The number of benzene rings is 1. The van der Waals surface area contributed by atoms with Gasteiger partial charge in [0.25, 0.3) is 0 Å². The first-order chi connectivity index (χ1) is 11.6. The lowest BCUT2D eigenvalue weighted by Crippen LogP contribution is -2.44. The molecule has 0 bridgehead atoms. The quantitative estimate of drug-likeness (QED) is 0.763. The second-order valence-electron chi connectivity index (χ2n) is 6.32. The van der Waals surface area contributed by atoms with Gasteiger partial charge in [0.15, 0.2) is 5.82 Å². The van der Waals surface area contributed by atoms with E-state index >= 15 is 0 Å². The molecule has 2 aliphatic heterocycles. The summed E-state index contributed by atoms with van der Waals surface area (Å²) in [6.07, 6.45) is 0.743. The Morgan fingerprint density at radius 2 is 1.71 bits per heavy atom. The molecule has 0 radical (unpaired) electrons. The molecule has 2 aromatic rings. The largest absolute Gasteiger partial charge is 0.369 e. The molecule has 3 heterocycles. The third-order valence-corrected chi connectivity index (χ3v) is 5.33. The van der Waals surface area contributed by atoms with Crippen molar-refractivity contribution in [3.63, 3.8) is 0 Å². The molecular formula is C18H18Cl2N4. The van der Waals surface area contributed by atoms with Crippen LogP contribution in [0.2, 0.25) is 10.2 Å². The third kappa shape index (κ3) is 3.02. The first-order valence-corrected chi connectivity index (χ1v) is 8.82. The molecule has 0 aliphatic carbocycles. The Morgan fingerprint density at radius 3 is 2.42 bits per heavy atom. The molecule has 2 aliphatic rings. The van der Waals surface area contributed by atoms with Crippen molar-refractivity contribution in [3.8, 4) is 0 Å². The van der Waals surface area contributed by atoms with Crippen LogP contribution in [0, 0.1) is 0 Å². The van der Waals surface area contributed by atoms with E-state index in [1.54, 1.807) is 0 Å². The highest BCUT2D eigenvalue weighted by Gasteiger charge is 2.20. The van der Waals surface area contributed by atoms with Crippen molar-refractivity contribution >= 4 is 40.4 Å². The minimum atomic E-state index is 0.311. The number of fused-ring (bicyclic) bond motifs is 1. The van der Waals surface area contributed by atoms with Gasteiger partial charge in [-0.3, -0.25) is 0 Å². The number of aromatic nitrogens is 1. The van der Waals surface area contributed by atoms with Gasteiger partial charge in [0.1, 0.15) is 5.15 Å². The lowest BCUT2D eigenvalue weighted by Gasteiger charge is -2.34. The van der Waals surface area contributed by atoms with Gasteiger partial charge in [-0.1, -0.05) is 35.3 Å². The minimum Gasteiger partial charge on any atom is -0.369 e. The molecular weight excluding hydrogens is 343 g/mol. The van der Waals surface area contributed by atoms with Crippen LogP contribution in [0.25, 0.3) is 0 Å². The maximum atomic E-state index is 6.05. The van der Waals surface area contributed by atoms with Crippen molar-refractivity contribution in [2.45, 2.75) is 6.42 Å². The molecule has 4 rings (SSSR count). The van der Waals surface area contributed by atoms with Crippen LogP contribution < -0.4 is 4.90 Å². The molecule has 1 aromatic carbocycles. The molecule has 4 nitrogen and oxygen atoms in total. The number of likely N-dealkylation sites (N-methyl/N-ethyl adjacent to an activating group) is 1. The molecule has 0 spiro atoms. The van der Waals surface area contributed by atoms with Crippen molar-refractivity contribution in [2.75, 3.05) is 38.1 Å². The number of piperazine rings is 1. The zero-order valence-electron chi connectivity index (χ0n) is 13.5. The van der Waals surface area contributed by atoms with Crippen LogP contribution in [0.4, 0.5) is 11.5 Å². The molecule has 0 N–H and O–H groups in total. The number of halogens is 2. The van der Waals surface area contributed by atoms with Gasteiger partial charge in [0.05, 0.1) is 10.7 Å². The van der Waals surface area contributed by atoms with Crippen LogP contribution in [-0.4, -0.2) is 48.8 Å². The highest BCUT2D eigenvalue weighted by molar-refractivity contribution is 6.41. The van der Waals surface area contributed by atoms with Crippen molar-refractivity contribution in [2.24, 2.45) is 4.99 Å². The predicted octanol–water partition coefficient (Wildman–Crippen LogP) is 3.82. The zero-order chi connectivity index (χ0) is 16.7. The standard InChI is InChI=1S/C18H18Cl2N4/c1-23-6-8-24(9-7-23)14-4-2-12(3-5-14)16-11-13-10-15(19)17(20)22-18(13)21-16/h2-5,10H,6-9,11H2,1H3. The highest BCUT2D eigenvalue weighted by Crippen LogP contribution is 2.33. The Labute approximate surface area is 151 Å². The molecule has 1 aromatic heterocycles. The SMILES string of the molecule is CN1CCN(c2ccc(C3=Nc4nc(Cl)c(Cl)cc4C3)cc2)CC1. The smallest absolute Gasteiger partial charge is 0.157 e. The highest BCUT2D eigenvalue weighted by atomic mass is 35.5. The number of rotatable bonds is 2. The van der Waals surface area contributed by atoms with Gasteiger partial charge in [-0.25, -0.2) is 9.98 Å². The van der Waals surface area contributed by atoms with E-state index in [4.69, 9.17) is 23.2 Å². The van der Waals surface area contributed by atoms with E-state index in [9.17, 15) is 0 Å². The summed E-state index contributed by atoms with van der Waals surface area (Å²) >= 11 is 12.0. The molecule has 124 valence electrons. The normalized spacial score (nSPS) is 17.8. The Balaban J connectivity index is 1.53. The molecule has 0 amide bonds. The van der Waals surface area contributed by atoms with Crippen LogP contribution >= 0.6 is 23.2 Å². The second-order valence-corrected chi connectivity index (χ2v) is 7.08. The van der Waals surface area contributed by atoms with Crippen molar-refractivity contribution in [1.29, 1.82) is 0 Å². The summed E-state index contributed by atoms with van der Waals surface area (Å²) in [5.41, 5.74) is 4.44. The van der Waals surface area contributed by atoms with Crippen LogP contribution in [0.15, 0.2) is 35.3 Å². The van der Waals surface area contributed by atoms with E-state index in [0.29, 0.717) is 16.0 Å². The van der Waals surface area contributed by atoms with Gasteiger partial charge in [0, 0.05) is 43.9 Å². The summed E-state index contributed by atoms with van der Waals surface area (Å²) in [7, 11) is 2.17. The average Bonchev–Trinajstić information content (AvgIpc) is 2.99. The number of hydrogen-bond donors (Lipinski definition) is 0. The van der Waals surface area contributed by atoms with E-state index in [1.165, 1.54) is 5.69 Å². The first-order valence-electron chi connectivity index (χ1n) is 8.06. The molecule has 1 saturated heterocycles. The molecule has 24 heavy (non-hydrogen) atoms. The summed E-state index contributed by atoms with van der Waals surface area (Å²) in [5, 5.41) is 0.795. The van der Waals surface area contributed by atoms with Crippen LogP contribution in [0.3, 0.4) is 0 Å². The predicted molar refractivity (Wildman–Crippen MR) is 100 cm³/mol. The molecule has 6 heteroatoms. The number of aliphatic imine (C=N–C) groups is 1. The fourth-order valence-electron chi connectivity index (χ4n) is 3.17. The van der Waals surface area contributed by atoms with Gasteiger partial charge in [0.2, 0.25) is 0 Å². The van der Waals surface area contributed by atoms with E-state index in [0.717, 1.165) is 49.4 Å². The first kappa shape index (κ1) is 15.9. The lowest BCUT2D eigenvalue weighted by atomic mass is 10.0. The van der Waals surface area contributed by atoms with Crippen molar-refractivity contribution < 1.29 is 0 Å². The molecule has 0 saturated carbocycles. The molecule has 0 unspecified atom stereocenters. The van der Waals surface area contributed by atoms with Gasteiger partial charge < -0.3 is 9.80 Å². The van der Waals surface area contributed by atoms with Crippen LogP contribution in [0.1, 0.15) is 11.1 Å². The van der Waals surface area contributed by atoms with E-state index < -0.39 is 0 Å². The Morgan fingerprint density at radius 1 is 1.00 bits per heavy atom. The van der Waals surface area contributed by atoms with Gasteiger partial charge in [-0.05, 0) is 30.8 Å². The maximum absolute atomic E-state index is 6.05. The topological polar surface area (TPSA) is 31.7 Å². The van der Waals surface area contributed by atoms with E-state index in [2.05, 4.69) is 51.1 Å². The Bertz CT molecular complexity index is 793. The number of pyridine rings is 1. The summed E-state index contributed by atoms with van der Waals surface area (Å²) < 4.78 is 0. The van der Waals surface area contributed by atoms with Crippen LogP contribution in [0.5, 0.6) is 0 Å². The fraction of sp³-hybridized carbons (Fsp3) is 0.333. The fourth-order valence-corrected chi connectivity index (χ4v) is 3.47. The third-order valence-electron chi connectivity index (χ3n) is 4.66. The van der Waals surface area contributed by atoms with Crippen LogP contribution in [-0.2, 0) is 6.42 Å². The number of anilines is 1. The van der Waals surface area contributed by atoms with Gasteiger partial charge in [-0.2, -0.15) is 0 Å². The van der Waals surface area contributed by atoms with E-state index in [-0.39, 0.29) is 0 Å². The Kier molecular flexibility index (Phi) is 4.21. The number of nitrogens with zero attached hydrogens (tertiary/aromatic N) is 4.